The van der Waals surface area contributed by atoms with Crippen LogP contribution in [-0.2, 0) is 6.54 Å². The number of carboxylic acids is 1. The van der Waals surface area contributed by atoms with Crippen LogP contribution in [0, 0.1) is 18.3 Å². The number of aryl methyl sites for hydroxylation is 1. The highest BCUT2D eigenvalue weighted by atomic mass is 35.5. The molecule has 0 aliphatic carbocycles. The quantitative estimate of drug-likeness (QED) is 0.198. The Labute approximate surface area is 260 Å². The molecule has 0 aliphatic rings. The van der Waals surface area contributed by atoms with Crippen molar-refractivity contribution in [1.29, 1.82) is 5.26 Å². The van der Waals surface area contributed by atoms with Crippen molar-refractivity contribution in [1.82, 2.24) is 24.4 Å². The zero-order valence-corrected chi connectivity index (χ0v) is 25.3. The van der Waals surface area contributed by atoms with E-state index in [1.54, 1.807) is 66.9 Å². The Kier molecular flexibility index (Phi) is 9.29. The Morgan fingerprint density at radius 3 is 2.86 bits per heavy atom. The van der Waals surface area contributed by atoms with E-state index >= 15 is 0 Å². The van der Waals surface area contributed by atoms with E-state index in [1.165, 1.54) is 22.1 Å². The number of carbonyl (C=O) groups is 1. The Bertz CT molecular complexity index is 2020. The second-order valence-electron chi connectivity index (χ2n) is 9.84. The summed E-state index contributed by atoms with van der Waals surface area (Å²) < 4.78 is 20.9. The lowest BCUT2D eigenvalue weighted by Gasteiger charge is -2.15. The average molecular weight is 633 g/mol. The average Bonchev–Trinajstić information content (AvgIpc) is 3.44. The number of halogens is 2. The first kappa shape index (κ1) is 30.7. The SMILES string of the molecule is Cc1nc2cnc(/C=C/CN(C)CCF)c(C#N)c2c(=O)n1CCOc1ccc(Cl)cc1-c1ccnc2c(C(=O)O)csc12. The molecule has 224 valence electrons. The van der Waals surface area contributed by atoms with E-state index in [-0.39, 0.29) is 36.2 Å². The molecule has 4 aromatic heterocycles. The predicted octanol–water partition coefficient (Wildman–Crippen LogP) is 5.59. The van der Waals surface area contributed by atoms with Crippen LogP contribution < -0.4 is 10.3 Å². The fourth-order valence-corrected chi connectivity index (χ4v) is 6.00. The van der Waals surface area contributed by atoms with E-state index in [9.17, 15) is 24.3 Å². The van der Waals surface area contributed by atoms with Crippen molar-refractivity contribution in [2.24, 2.45) is 0 Å². The van der Waals surface area contributed by atoms with Gasteiger partial charge in [-0.3, -0.25) is 19.3 Å². The number of benzene rings is 1. The predicted molar refractivity (Wildman–Crippen MR) is 168 cm³/mol. The third-order valence-electron chi connectivity index (χ3n) is 6.98. The van der Waals surface area contributed by atoms with Crippen molar-refractivity contribution in [2.45, 2.75) is 13.5 Å². The molecule has 0 radical (unpaired) electrons. The van der Waals surface area contributed by atoms with E-state index in [0.29, 0.717) is 55.7 Å². The molecule has 0 bridgehead atoms. The van der Waals surface area contributed by atoms with Gasteiger partial charge in [-0.15, -0.1) is 11.3 Å². The number of hydrogen-bond acceptors (Lipinski definition) is 9. The summed E-state index contributed by atoms with van der Waals surface area (Å²) in [7, 11) is 1.78. The van der Waals surface area contributed by atoms with Crippen LogP contribution in [-0.4, -0.2) is 68.9 Å². The number of thiophene rings is 1. The molecule has 0 aliphatic heterocycles. The Hall–Kier alpha value is -4.70. The molecule has 0 atom stereocenters. The summed E-state index contributed by atoms with van der Waals surface area (Å²) in [5.74, 6) is -0.147. The fraction of sp³-hybridized carbons (Fsp3) is 0.226. The zero-order valence-electron chi connectivity index (χ0n) is 23.8. The molecule has 1 N–H and O–H groups in total. The van der Waals surface area contributed by atoms with Crippen LogP contribution in [0.4, 0.5) is 4.39 Å². The van der Waals surface area contributed by atoms with E-state index in [2.05, 4.69) is 21.0 Å². The molecule has 44 heavy (non-hydrogen) atoms. The first-order valence-electron chi connectivity index (χ1n) is 13.5. The monoisotopic (exact) mass is 632 g/mol. The smallest absolute Gasteiger partial charge is 0.338 e. The molecule has 1 aromatic carbocycles. The Morgan fingerprint density at radius 1 is 1.30 bits per heavy atom. The standard InChI is InChI=1S/C31H26ClFN6O4S/c1-18-37-25-16-36-24(4-3-10-38(2)11-8-33)22(15-34)27(25)30(40)39(18)12-13-43-26-6-5-19(32)14-21(26)20-7-9-35-28-23(31(41)42)17-44-29(20)28/h3-7,9,14,16-17H,8,10-13H2,1-2H3,(H,41,42)/b4-3+. The number of nitriles is 1. The van der Waals surface area contributed by atoms with Gasteiger partial charge in [0.1, 0.15) is 30.9 Å². The molecule has 0 saturated carbocycles. The van der Waals surface area contributed by atoms with Crippen molar-refractivity contribution in [3.8, 4) is 22.9 Å². The van der Waals surface area contributed by atoms with Crippen LogP contribution >= 0.6 is 22.9 Å². The van der Waals surface area contributed by atoms with Gasteiger partial charge in [0, 0.05) is 40.8 Å². The molecule has 0 saturated heterocycles. The van der Waals surface area contributed by atoms with E-state index in [4.69, 9.17) is 16.3 Å². The molecule has 0 unspecified atom stereocenters. The summed E-state index contributed by atoms with van der Waals surface area (Å²) in [6.45, 7) is 2.18. The molecule has 0 amide bonds. The number of ether oxygens (including phenoxy) is 1. The van der Waals surface area contributed by atoms with Crippen LogP contribution in [0.1, 0.15) is 27.4 Å². The highest BCUT2D eigenvalue weighted by Gasteiger charge is 2.19. The number of fused-ring (bicyclic) bond motifs is 2. The third-order valence-corrected chi connectivity index (χ3v) is 8.22. The van der Waals surface area contributed by atoms with Crippen LogP contribution in [0.2, 0.25) is 5.02 Å². The van der Waals surface area contributed by atoms with Crippen molar-refractivity contribution < 1.29 is 19.0 Å². The largest absolute Gasteiger partial charge is 0.491 e. The van der Waals surface area contributed by atoms with Gasteiger partial charge in [-0.05, 0) is 44.3 Å². The minimum absolute atomic E-state index is 0.0856. The number of likely N-dealkylation sites (N-methyl/N-ethyl adjacent to an activating group) is 1. The maximum atomic E-state index is 13.7. The molecule has 5 rings (SSSR count). The number of alkyl halides is 1. The molecule has 13 heteroatoms. The lowest BCUT2D eigenvalue weighted by atomic mass is 10.0. The van der Waals surface area contributed by atoms with Gasteiger partial charge in [0.25, 0.3) is 5.56 Å². The summed E-state index contributed by atoms with van der Waals surface area (Å²) in [5.41, 5.74) is 2.20. The summed E-state index contributed by atoms with van der Waals surface area (Å²) in [4.78, 5) is 40.2. The topological polar surface area (TPSA) is 134 Å². The number of carboxylic acid groups (broad SMARTS) is 1. The Morgan fingerprint density at radius 2 is 2.11 bits per heavy atom. The first-order chi connectivity index (χ1) is 21.2. The molecular weight excluding hydrogens is 607 g/mol. The van der Waals surface area contributed by atoms with Gasteiger partial charge in [0.15, 0.2) is 0 Å². The van der Waals surface area contributed by atoms with Gasteiger partial charge in [0.2, 0.25) is 0 Å². The van der Waals surface area contributed by atoms with Gasteiger partial charge in [-0.2, -0.15) is 5.26 Å². The minimum Gasteiger partial charge on any atom is -0.491 e. The van der Waals surface area contributed by atoms with Crippen LogP contribution in [0.15, 0.2) is 52.9 Å². The normalized spacial score (nSPS) is 11.5. The number of nitrogens with zero attached hydrogens (tertiary/aromatic N) is 6. The van der Waals surface area contributed by atoms with E-state index < -0.39 is 18.2 Å². The van der Waals surface area contributed by atoms with Gasteiger partial charge < -0.3 is 14.7 Å². The third kappa shape index (κ3) is 6.16. The van der Waals surface area contributed by atoms with Crippen LogP contribution in [0.3, 0.4) is 0 Å². The summed E-state index contributed by atoms with van der Waals surface area (Å²) in [6, 6.07) is 9.00. The minimum atomic E-state index is -1.06. The van der Waals surface area contributed by atoms with Gasteiger partial charge in [-0.25, -0.2) is 14.2 Å². The Balaban J connectivity index is 1.44. The number of hydrogen-bond donors (Lipinski definition) is 1. The molecule has 4 heterocycles. The molecule has 0 fully saturated rings. The number of aromatic carboxylic acids is 1. The zero-order chi connectivity index (χ0) is 31.4. The highest BCUT2D eigenvalue weighted by molar-refractivity contribution is 7.18. The van der Waals surface area contributed by atoms with Gasteiger partial charge >= 0.3 is 5.97 Å². The number of pyridine rings is 2. The van der Waals surface area contributed by atoms with Crippen molar-refractivity contribution in [3.05, 3.63) is 86.1 Å². The van der Waals surface area contributed by atoms with E-state index in [0.717, 1.165) is 0 Å². The molecule has 5 aromatic rings. The highest BCUT2D eigenvalue weighted by Crippen LogP contribution is 2.39. The molecule has 10 nitrogen and oxygen atoms in total. The number of rotatable bonds is 11. The maximum absolute atomic E-state index is 13.7. The van der Waals surface area contributed by atoms with Crippen LogP contribution in [0.25, 0.3) is 38.3 Å². The molecular formula is C31H26ClFN6O4S. The lowest BCUT2D eigenvalue weighted by molar-refractivity contribution is 0.0699. The van der Waals surface area contributed by atoms with Crippen molar-refractivity contribution in [3.63, 3.8) is 0 Å². The second kappa shape index (κ2) is 13.3. The van der Waals surface area contributed by atoms with Gasteiger partial charge in [-0.1, -0.05) is 17.7 Å². The molecule has 0 spiro atoms. The summed E-state index contributed by atoms with van der Waals surface area (Å²) in [5, 5.41) is 21.7. The fourth-order valence-electron chi connectivity index (χ4n) is 4.80. The summed E-state index contributed by atoms with van der Waals surface area (Å²) in [6.07, 6.45) is 6.41. The van der Waals surface area contributed by atoms with Crippen LogP contribution in [0.5, 0.6) is 5.75 Å². The first-order valence-corrected chi connectivity index (χ1v) is 14.7. The van der Waals surface area contributed by atoms with E-state index in [1.807, 2.05) is 0 Å². The van der Waals surface area contributed by atoms with Gasteiger partial charge in [0.05, 0.1) is 50.7 Å². The summed E-state index contributed by atoms with van der Waals surface area (Å²) >= 11 is 7.60. The second-order valence-corrected chi connectivity index (χ2v) is 11.2. The number of aromatic nitrogens is 4. The lowest BCUT2D eigenvalue weighted by Crippen LogP contribution is -2.27. The van der Waals surface area contributed by atoms with Crippen molar-refractivity contribution >= 4 is 56.1 Å². The maximum Gasteiger partial charge on any atom is 0.338 e. The van der Waals surface area contributed by atoms with Crippen molar-refractivity contribution in [2.75, 3.05) is 33.4 Å².